The van der Waals surface area contributed by atoms with Crippen molar-refractivity contribution < 1.29 is 126 Å². The van der Waals surface area contributed by atoms with Gasteiger partial charge in [0.2, 0.25) is 53.2 Å². The number of oxime groups is 1. The van der Waals surface area contributed by atoms with E-state index in [1.165, 1.54) is 0 Å². The third-order valence-corrected chi connectivity index (χ3v) is 23.7. The summed E-state index contributed by atoms with van der Waals surface area (Å²) >= 11 is 1.69. The number of aliphatic imine (C=N–C) groups is 1. The van der Waals surface area contributed by atoms with E-state index in [2.05, 4.69) is 68.6 Å². The lowest BCUT2D eigenvalue weighted by Gasteiger charge is -2.31. The molecule has 47 heteroatoms. The highest BCUT2D eigenvalue weighted by molar-refractivity contribution is 8.14. The first-order valence-electron chi connectivity index (χ1n) is 46.8. The van der Waals surface area contributed by atoms with Gasteiger partial charge in [0.15, 0.2) is 5.17 Å². The topological polar surface area (TPSA) is 665 Å². The lowest BCUT2D eigenvalue weighted by molar-refractivity contribution is -0.140. The van der Waals surface area contributed by atoms with Gasteiger partial charge < -0.3 is 139 Å². The van der Waals surface area contributed by atoms with Crippen molar-refractivity contribution in [2.24, 2.45) is 51.0 Å². The number of amides is 14. The number of benzene rings is 5. The fourth-order valence-corrected chi connectivity index (χ4v) is 15.4. The Labute approximate surface area is 825 Å². The number of carboxylic acid groups (broad SMARTS) is 4. The van der Waals surface area contributed by atoms with Crippen LogP contribution < -0.4 is 75.7 Å². The van der Waals surface area contributed by atoms with E-state index in [1.807, 2.05) is 54.6 Å². The molecule has 772 valence electrons. The van der Waals surface area contributed by atoms with E-state index in [1.54, 1.807) is 128 Å². The maximum Gasteiger partial charge on any atom is 0.408 e. The number of alkyl carbamates (subject to hydrolysis) is 4. The second kappa shape index (κ2) is 64.2. The number of guanidine groups is 1. The first-order chi connectivity index (χ1) is 68.4. The minimum absolute atomic E-state index is 0.00748. The molecule has 46 nitrogen and oxygen atoms in total. The van der Waals surface area contributed by atoms with E-state index >= 15 is 0 Å². The molecule has 4 atom stereocenters. The molecular weight excluding hydrogens is 1870 g/mol. The molecule has 5 aromatic rings. The first-order valence-corrected chi connectivity index (χ1v) is 47.8. The van der Waals surface area contributed by atoms with Crippen LogP contribution in [-0.4, -0.2) is 294 Å². The van der Waals surface area contributed by atoms with Crippen molar-refractivity contribution in [3.63, 3.8) is 0 Å². The zero-order chi connectivity index (χ0) is 103. The molecule has 5 aliphatic rings. The summed E-state index contributed by atoms with van der Waals surface area (Å²) in [5, 5.41) is 69.9. The number of nitrogens with one attached hydrogen (secondary N) is 11. The standard InChI is InChI=1S/C29H37N5O7.C24H33N5O6S.C21H30N6O7.C21H30N4O6/c35-25(12-7-15-30-28(39)32-18-21-8-3-1-4-9-21)34-16-13-23(14-17-34)26(36)31-19-24(27(37)38)33-29(40)41-20-22-10-5-2-6-11-22;30-20(7-4-10-25-23-26-11-14-36-23)29-12-8-18(9-13-29)21(31)27-15-19(22(32)33)28-24(34)35-16-17-5-2-1-3-6-17;22-20(23)26-34-11-8-17(28)27-9-6-15(7-10-27)18(29)24-12-16(19(30)31)25-21(32)33-13-14-4-2-1-3-5-14;22-10-4-7-18(26)25-11-8-16(9-12-25)19(27)23-13-17(20(28)29)24-21(30)31-14-15-5-2-1-3-6-15/h1-6,8-11,23-24H,7,12-20H2,(H,31,36)(H,33,40)(H,37,38)(H2,30,32,39);1-3,5-6,18-19H,4,7-16H2,(H,25,26)(H,27,31)(H,28,34)(H,32,33);1-5,15-16H,6-13H2,(H,24,29)(H,25,32)(H,30,31)(H4,22,23,26);1-3,5-6,16-17H,4,7-14,22H2,(H,23,27)(H,24,30)(H,28,29)/t24-;19-;16-;17-/m0100/s1. The number of hydrogen-bond acceptors (Lipinski definition) is 27. The normalized spacial score (nSPS) is 15.0. The molecule has 0 unspecified atom stereocenters. The predicted molar refractivity (Wildman–Crippen MR) is 517 cm³/mol. The van der Waals surface area contributed by atoms with E-state index in [0.717, 1.165) is 51.7 Å². The minimum atomic E-state index is -1.35. The van der Waals surface area contributed by atoms with Crippen LogP contribution in [-0.2, 0) is 114 Å². The lowest BCUT2D eigenvalue weighted by Crippen LogP contribution is -2.50. The number of carboxylic acids is 4. The van der Waals surface area contributed by atoms with Crippen LogP contribution in [0.4, 0.5) is 24.0 Å². The largest absolute Gasteiger partial charge is 0.480 e. The van der Waals surface area contributed by atoms with Gasteiger partial charge in [-0.1, -0.05) is 163 Å². The number of ether oxygens (including phenoxy) is 4. The van der Waals surface area contributed by atoms with Gasteiger partial charge in [0.1, 0.15) is 57.2 Å². The fourth-order valence-electron chi connectivity index (χ4n) is 14.7. The van der Waals surface area contributed by atoms with Crippen LogP contribution >= 0.6 is 11.8 Å². The molecule has 5 heterocycles. The molecule has 21 N–H and O–H groups in total. The van der Waals surface area contributed by atoms with Crippen LogP contribution in [0.15, 0.2) is 162 Å². The van der Waals surface area contributed by atoms with Gasteiger partial charge >= 0.3 is 54.3 Å². The number of piperidine rings is 4. The van der Waals surface area contributed by atoms with Gasteiger partial charge in [0.05, 0.1) is 13.0 Å². The van der Waals surface area contributed by atoms with Crippen LogP contribution in [0.2, 0.25) is 0 Å². The highest BCUT2D eigenvalue weighted by Gasteiger charge is 2.35. The summed E-state index contributed by atoms with van der Waals surface area (Å²) in [5.74, 6) is -7.08. The predicted octanol–water partition coefficient (Wildman–Crippen LogP) is 2.97. The van der Waals surface area contributed by atoms with Crippen molar-refractivity contribution in [3.05, 3.63) is 179 Å². The van der Waals surface area contributed by atoms with Crippen molar-refractivity contribution in [2.45, 2.75) is 153 Å². The summed E-state index contributed by atoms with van der Waals surface area (Å²) in [6.45, 7) is 5.22. The summed E-state index contributed by atoms with van der Waals surface area (Å²) in [4.78, 5) is 221. The van der Waals surface area contributed by atoms with Gasteiger partial charge in [0, 0.05) is 147 Å². The van der Waals surface area contributed by atoms with Crippen molar-refractivity contribution in [1.29, 1.82) is 0 Å². The Morgan fingerprint density at radius 3 is 0.930 bits per heavy atom. The molecule has 0 radical (unpaired) electrons. The monoisotopic (exact) mass is 2000 g/mol. The van der Waals surface area contributed by atoms with E-state index in [4.69, 9.17) is 41.0 Å². The number of nitrogens with zero attached hydrogens (tertiary/aromatic N) is 6. The Hall–Kier alpha value is -15.1. The second-order valence-corrected chi connectivity index (χ2v) is 34.3. The molecule has 0 saturated carbocycles. The molecule has 0 aromatic heterocycles. The zero-order valence-electron chi connectivity index (χ0n) is 79.0. The summed E-state index contributed by atoms with van der Waals surface area (Å²) in [6.07, 6.45) is 3.28. The molecule has 142 heavy (non-hydrogen) atoms. The van der Waals surface area contributed by atoms with E-state index < -0.39 is 72.4 Å². The summed E-state index contributed by atoms with van der Waals surface area (Å²) in [6, 6.07) is 39.8. The van der Waals surface area contributed by atoms with Gasteiger partial charge in [-0.15, -0.1) is 0 Å². The van der Waals surface area contributed by atoms with Crippen LogP contribution in [0.5, 0.6) is 0 Å². The Morgan fingerprint density at radius 1 is 0.373 bits per heavy atom. The highest BCUT2D eigenvalue weighted by Crippen LogP contribution is 2.24. The van der Waals surface area contributed by atoms with Crippen LogP contribution in [0, 0.1) is 23.7 Å². The summed E-state index contributed by atoms with van der Waals surface area (Å²) in [5.41, 5.74) is 19.7. The van der Waals surface area contributed by atoms with Gasteiger partial charge in [-0.3, -0.25) is 43.3 Å². The number of aliphatic carboxylic acids is 4. The molecule has 0 aliphatic carbocycles. The molecule has 5 aromatic carbocycles. The summed E-state index contributed by atoms with van der Waals surface area (Å²) < 4.78 is 20.1. The molecule has 10 rings (SSSR count). The van der Waals surface area contributed by atoms with Crippen LogP contribution in [0.3, 0.4) is 0 Å². The smallest absolute Gasteiger partial charge is 0.408 e. The molecule has 4 fully saturated rings. The number of rotatable bonds is 45. The van der Waals surface area contributed by atoms with Crippen molar-refractivity contribution >= 4 is 124 Å². The number of nitrogens with two attached hydrogens (primary N) is 3. The Balaban J connectivity index is 0.000000258. The van der Waals surface area contributed by atoms with Crippen LogP contribution in [0.1, 0.15) is 124 Å². The number of amidine groups is 1. The highest BCUT2D eigenvalue weighted by atomic mass is 32.2. The number of thioether (sulfide) groups is 1. The molecule has 4 saturated heterocycles. The van der Waals surface area contributed by atoms with Gasteiger partial charge in [-0.2, -0.15) is 0 Å². The fraction of sp³-hybridized carbons (Fsp3) is 0.484. The van der Waals surface area contributed by atoms with Crippen molar-refractivity contribution in [3.8, 4) is 0 Å². The zero-order valence-corrected chi connectivity index (χ0v) is 79.8. The third kappa shape index (κ3) is 45.3. The van der Waals surface area contributed by atoms with Gasteiger partial charge in [-0.25, -0.2) is 43.2 Å². The maximum atomic E-state index is 12.6. The van der Waals surface area contributed by atoms with Crippen molar-refractivity contribution in [2.75, 3.05) is 117 Å². The minimum Gasteiger partial charge on any atom is -0.480 e. The Kier molecular flexibility index (Phi) is 51.5. The van der Waals surface area contributed by atoms with E-state index in [0.29, 0.717) is 156 Å². The second-order valence-electron chi connectivity index (χ2n) is 33.2. The maximum absolute atomic E-state index is 12.6. The first kappa shape index (κ1) is 114. The SMILES string of the molecule is NC(N)=NOCCC(=O)N1CCC(C(=O)NC[C@H](NC(=O)OCc2ccccc2)C(=O)O)CC1.NCCCC(=O)N1CCC(C(=O)NC[C@H](NC(=O)OCc2ccccc2)C(=O)O)CC1.O=C(NCCCC(=O)N1CCC(C(=O)NC[C@H](NC(=O)OCc2ccccc2)C(=O)O)CC1)NCc1ccccc1.O=C(N[C@H](CNC(=O)C1CCN(C(=O)CCCNC2=NCCS2)CC1)C(=O)O)OCc1ccccc1. The van der Waals surface area contributed by atoms with Crippen molar-refractivity contribution in [1.82, 2.24) is 78.1 Å². The molecule has 0 spiro atoms. The number of urea groups is 1. The number of hydrogen-bond donors (Lipinski definition) is 18. The average molecular weight is 2000 g/mol. The number of likely N-dealkylation sites (tertiary alicyclic amines) is 4. The lowest BCUT2D eigenvalue weighted by atomic mass is 9.95. The van der Waals surface area contributed by atoms with E-state index in [9.17, 15) is 102 Å². The molecule has 0 bridgehead atoms. The third-order valence-electron chi connectivity index (χ3n) is 22.8. The molecular formula is C95H130N20O26S. The van der Waals surface area contributed by atoms with Gasteiger partial charge in [-0.05, 0) is 110 Å². The van der Waals surface area contributed by atoms with Crippen LogP contribution in [0.25, 0.3) is 0 Å². The van der Waals surface area contributed by atoms with E-state index in [-0.39, 0.29) is 155 Å². The number of carbonyl (C=O) groups excluding carboxylic acids is 13. The number of carbonyl (C=O) groups is 17. The Bertz CT molecular complexity index is 4910. The quantitative estimate of drug-likeness (QED) is 0.00875. The average Bonchev–Trinajstić information content (AvgIpc) is 1.02. The summed E-state index contributed by atoms with van der Waals surface area (Å²) in [7, 11) is 0. The van der Waals surface area contributed by atoms with Gasteiger partial charge in [0.25, 0.3) is 0 Å². The Morgan fingerprint density at radius 2 is 0.655 bits per heavy atom. The molecule has 5 aliphatic heterocycles. The molecule has 14 amide bonds.